The number of rotatable bonds is 7. The van der Waals surface area contributed by atoms with E-state index >= 15 is 0 Å². The molecule has 0 amide bonds. The minimum Gasteiger partial charge on any atom is -0.309 e. The fraction of sp³-hybridized carbons (Fsp3) is 0.571. The Morgan fingerprint density at radius 2 is 2.00 bits per heavy atom. The van der Waals surface area contributed by atoms with E-state index in [0.29, 0.717) is 12.6 Å². The molecule has 0 heterocycles. The maximum absolute atomic E-state index is 13.3. The van der Waals surface area contributed by atoms with Crippen molar-refractivity contribution in [3.8, 4) is 0 Å². The molecule has 1 aromatic rings. The van der Waals surface area contributed by atoms with Crippen molar-refractivity contribution >= 4 is 11.6 Å². The van der Waals surface area contributed by atoms with Crippen LogP contribution in [0.15, 0.2) is 18.2 Å². The molecule has 1 rings (SSSR count). The van der Waals surface area contributed by atoms with E-state index in [1.54, 1.807) is 6.07 Å². The van der Waals surface area contributed by atoms with Gasteiger partial charge in [0.2, 0.25) is 0 Å². The minimum absolute atomic E-state index is 0.222. The molecule has 0 aliphatic carbocycles. The van der Waals surface area contributed by atoms with Crippen molar-refractivity contribution in [3.63, 3.8) is 0 Å². The highest BCUT2D eigenvalue weighted by Crippen LogP contribution is 2.19. The highest BCUT2D eigenvalue weighted by molar-refractivity contribution is 6.31. The van der Waals surface area contributed by atoms with Crippen LogP contribution in [0.2, 0.25) is 5.02 Å². The Balaban J connectivity index is 2.47. The van der Waals surface area contributed by atoms with Crippen molar-refractivity contribution in [2.24, 2.45) is 0 Å². The van der Waals surface area contributed by atoms with Gasteiger partial charge in [-0.25, -0.2) is 4.39 Å². The average molecular weight is 273 g/mol. The molecule has 0 saturated carbocycles. The number of nitrogens with one attached hydrogen (secondary N) is 1. The summed E-state index contributed by atoms with van der Waals surface area (Å²) in [4.78, 5) is 2.35. The highest BCUT2D eigenvalue weighted by Gasteiger charge is 2.09. The molecule has 0 bridgehead atoms. The van der Waals surface area contributed by atoms with Gasteiger partial charge in [0, 0.05) is 19.1 Å². The van der Waals surface area contributed by atoms with E-state index in [9.17, 15) is 4.39 Å². The second-order valence-electron chi connectivity index (χ2n) is 4.48. The summed E-state index contributed by atoms with van der Waals surface area (Å²) in [6.07, 6.45) is 0. The molecule has 1 atom stereocenters. The molecule has 0 spiro atoms. The van der Waals surface area contributed by atoms with E-state index in [-0.39, 0.29) is 10.8 Å². The third-order valence-corrected chi connectivity index (χ3v) is 3.52. The van der Waals surface area contributed by atoms with Crippen molar-refractivity contribution in [1.82, 2.24) is 10.2 Å². The van der Waals surface area contributed by atoms with Crippen LogP contribution in [0.1, 0.15) is 26.3 Å². The van der Waals surface area contributed by atoms with Crippen LogP contribution in [0.3, 0.4) is 0 Å². The third kappa shape index (κ3) is 4.56. The number of hydrogen-bond donors (Lipinski definition) is 1. The average Bonchev–Trinajstić information content (AvgIpc) is 2.37. The van der Waals surface area contributed by atoms with E-state index < -0.39 is 0 Å². The van der Waals surface area contributed by atoms with Crippen molar-refractivity contribution in [2.75, 3.05) is 19.6 Å². The SMILES string of the molecule is CCN(CC)CC(C)NCc1cccc(F)c1Cl. The fourth-order valence-electron chi connectivity index (χ4n) is 1.90. The first-order valence-electron chi connectivity index (χ1n) is 6.47. The maximum atomic E-state index is 13.3. The molecule has 0 fully saturated rings. The lowest BCUT2D eigenvalue weighted by atomic mass is 10.2. The first-order valence-corrected chi connectivity index (χ1v) is 6.84. The molecule has 0 radical (unpaired) electrons. The molecular formula is C14H22ClFN2. The van der Waals surface area contributed by atoms with E-state index in [1.807, 2.05) is 6.07 Å². The van der Waals surface area contributed by atoms with Crippen LogP contribution in [-0.2, 0) is 6.54 Å². The van der Waals surface area contributed by atoms with Gasteiger partial charge in [0.15, 0.2) is 0 Å². The van der Waals surface area contributed by atoms with Crippen LogP contribution in [0.25, 0.3) is 0 Å². The molecule has 1 unspecified atom stereocenters. The summed E-state index contributed by atoms with van der Waals surface area (Å²) in [5.41, 5.74) is 0.808. The highest BCUT2D eigenvalue weighted by atomic mass is 35.5. The summed E-state index contributed by atoms with van der Waals surface area (Å²) in [5, 5.41) is 3.60. The Labute approximate surface area is 114 Å². The van der Waals surface area contributed by atoms with Crippen LogP contribution in [0, 0.1) is 5.82 Å². The zero-order valence-corrected chi connectivity index (χ0v) is 12.1. The van der Waals surface area contributed by atoms with E-state index in [2.05, 4.69) is 31.0 Å². The predicted octanol–water partition coefficient (Wildman–Crippen LogP) is 3.30. The van der Waals surface area contributed by atoms with Crippen molar-refractivity contribution in [1.29, 1.82) is 0 Å². The Morgan fingerprint density at radius 3 is 2.61 bits per heavy atom. The standard InChI is InChI=1S/C14H22ClFN2/c1-4-18(5-2)10-11(3)17-9-12-7-6-8-13(16)14(12)15/h6-8,11,17H,4-5,9-10H2,1-3H3. The number of nitrogens with zero attached hydrogens (tertiary/aromatic N) is 1. The fourth-order valence-corrected chi connectivity index (χ4v) is 2.10. The minimum atomic E-state index is -0.354. The molecule has 4 heteroatoms. The monoisotopic (exact) mass is 272 g/mol. The molecule has 1 N–H and O–H groups in total. The van der Waals surface area contributed by atoms with E-state index in [0.717, 1.165) is 25.2 Å². The van der Waals surface area contributed by atoms with Gasteiger partial charge >= 0.3 is 0 Å². The summed E-state index contributed by atoms with van der Waals surface area (Å²) >= 11 is 5.91. The lowest BCUT2D eigenvalue weighted by Crippen LogP contribution is -2.38. The predicted molar refractivity (Wildman–Crippen MR) is 75.5 cm³/mol. The molecule has 0 aromatic heterocycles. The second-order valence-corrected chi connectivity index (χ2v) is 4.86. The smallest absolute Gasteiger partial charge is 0.142 e. The summed E-state index contributed by atoms with van der Waals surface area (Å²) < 4.78 is 13.3. The van der Waals surface area contributed by atoms with Gasteiger partial charge in [0.25, 0.3) is 0 Å². The lowest BCUT2D eigenvalue weighted by Gasteiger charge is -2.23. The molecule has 1 aromatic carbocycles. The Bertz CT molecular complexity index is 367. The van der Waals surface area contributed by atoms with Gasteiger partial charge in [-0.15, -0.1) is 0 Å². The van der Waals surface area contributed by atoms with Crippen molar-refractivity contribution in [2.45, 2.75) is 33.4 Å². The van der Waals surface area contributed by atoms with Gasteiger partial charge in [-0.3, -0.25) is 0 Å². The molecule has 2 nitrogen and oxygen atoms in total. The zero-order valence-electron chi connectivity index (χ0n) is 11.3. The van der Waals surface area contributed by atoms with Crippen LogP contribution in [0.4, 0.5) is 4.39 Å². The Kier molecular flexibility index (Phi) is 6.61. The van der Waals surface area contributed by atoms with Crippen molar-refractivity contribution < 1.29 is 4.39 Å². The summed E-state index contributed by atoms with van der Waals surface area (Å²) in [6, 6.07) is 5.27. The quantitative estimate of drug-likeness (QED) is 0.819. The topological polar surface area (TPSA) is 15.3 Å². The third-order valence-electron chi connectivity index (χ3n) is 3.10. The van der Waals surface area contributed by atoms with Crippen LogP contribution < -0.4 is 5.32 Å². The summed E-state index contributed by atoms with van der Waals surface area (Å²) in [6.45, 7) is 10.1. The van der Waals surface area contributed by atoms with Gasteiger partial charge in [0.1, 0.15) is 5.82 Å². The molecule has 0 aliphatic rings. The number of benzene rings is 1. The van der Waals surface area contributed by atoms with Crippen LogP contribution >= 0.6 is 11.6 Å². The second kappa shape index (κ2) is 7.72. The molecule has 0 aliphatic heterocycles. The maximum Gasteiger partial charge on any atom is 0.142 e. The molecule has 102 valence electrons. The van der Waals surface area contributed by atoms with Crippen LogP contribution in [0.5, 0.6) is 0 Å². The van der Waals surface area contributed by atoms with Crippen LogP contribution in [-0.4, -0.2) is 30.6 Å². The lowest BCUT2D eigenvalue weighted by molar-refractivity contribution is 0.270. The Hall–Kier alpha value is -0.640. The van der Waals surface area contributed by atoms with Crippen molar-refractivity contribution in [3.05, 3.63) is 34.6 Å². The number of hydrogen-bond acceptors (Lipinski definition) is 2. The zero-order chi connectivity index (χ0) is 13.5. The van der Waals surface area contributed by atoms with E-state index in [1.165, 1.54) is 6.07 Å². The molecular weight excluding hydrogens is 251 g/mol. The van der Waals surface area contributed by atoms with Gasteiger partial charge in [-0.2, -0.15) is 0 Å². The van der Waals surface area contributed by atoms with Gasteiger partial charge < -0.3 is 10.2 Å². The van der Waals surface area contributed by atoms with Gasteiger partial charge in [-0.05, 0) is 31.6 Å². The Morgan fingerprint density at radius 1 is 1.33 bits per heavy atom. The van der Waals surface area contributed by atoms with Gasteiger partial charge in [-0.1, -0.05) is 37.6 Å². The van der Waals surface area contributed by atoms with E-state index in [4.69, 9.17) is 11.6 Å². The number of halogens is 2. The largest absolute Gasteiger partial charge is 0.309 e. The summed E-state index contributed by atoms with van der Waals surface area (Å²) in [5.74, 6) is -0.354. The molecule has 0 saturated heterocycles. The summed E-state index contributed by atoms with van der Waals surface area (Å²) in [7, 11) is 0. The molecule has 18 heavy (non-hydrogen) atoms. The van der Waals surface area contributed by atoms with Gasteiger partial charge in [0.05, 0.1) is 5.02 Å². The first-order chi connectivity index (χ1) is 8.58. The first kappa shape index (κ1) is 15.4. The normalized spacial score (nSPS) is 13.0. The number of likely N-dealkylation sites (N-methyl/N-ethyl adjacent to an activating group) is 1.